The number of nitrogens with one attached hydrogen (secondary N) is 3. The number of amides is 1. The molecule has 27 heavy (non-hydrogen) atoms. The zero-order chi connectivity index (χ0) is 19.8. The highest BCUT2D eigenvalue weighted by molar-refractivity contribution is 5.96. The van der Waals surface area contributed by atoms with E-state index in [4.69, 9.17) is 14.6 Å². The summed E-state index contributed by atoms with van der Waals surface area (Å²) in [4.78, 5) is 30.2. The molecule has 1 saturated heterocycles. The van der Waals surface area contributed by atoms with Crippen molar-refractivity contribution in [1.29, 1.82) is 0 Å². The van der Waals surface area contributed by atoms with E-state index >= 15 is 0 Å². The monoisotopic (exact) mass is 379 g/mol. The first-order valence-electron chi connectivity index (χ1n) is 9.32. The van der Waals surface area contributed by atoms with E-state index in [9.17, 15) is 4.79 Å². The number of carbonyl (C=O) groups excluding carboxylic acids is 1. The fourth-order valence-electron chi connectivity index (χ4n) is 2.88. The van der Waals surface area contributed by atoms with Crippen LogP contribution in [0.2, 0.25) is 0 Å². The highest BCUT2D eigenvalue weighted by Crippen LogP contribution is 2.23. The average Bonchev–Trinajstić information content (AvgIpc) is 2.62. The van der Waals surface area contributed by atoms with Crippen LogP contribution in [0.4, 0.5) is 5.82 Å². The molecule has 0 radical (unpaired) electrons. The number of nitrogens with zero attached hydrogens (tertiary/aromatic N) is 2. The van der Waals surface area contributed by atoms with Gasteiger partial charge in [0.2, 0.25) is 0 Å². The fraction of sp³-hybridized carbons (Fsp3) is 0.667. The smallest absolute Gasteiger partial charge is 0.300 e. The van der Waals surface area contributed by atoms with E-state index in [0.717, 1.165) is 57.4 Å². The van der Waals surface area contributed by atoms with Gasteiger partial charge in [-0.25, -0.2) is 9.97 Å². The first-order chi connectivity index (χ1) is 12.9. The Kier molecular flexibility index (Phi) is 7.93. The van der Waals surface area contributed by atoms with Crippen LogP contribution in [0.15, 0.2) is 0 Å². The summed E-state index contributed by atoms with van der Waals surface area (Å²) >= 11 is 0. The number of hydrogen-bond acceptors (Lipinski definition) is 7. The Bertz CT molecular complexity index is 655. The predicted molar refractivity (Wildman–Crippen MR) is 101 cm³/mol. The van der Waals surface area contributed by atoms with E-state index in [1.807, 2.05) is 13.8 Å². The number of anilines is 1. The summed E-state index contributed by atoms with van der Waals surface area (Å²) in [5.74, 6) is 0.776. The first-order valence-corrected chi connectivity index (χ1v) is 9.32. The molecule has 0 aliphatic carbocycles. The zero-order valence-corrected chi connectivity index (χ0v) is 16.2. The fourth-order valence-corrected chi connectivity index (χ4v) is 2.88. The molecule has 150 valence electrons. The van der Waals surface area contributed by atoms with E-state index in [1.54, 1.807) is 0 Å². The molecule has 1 aromatic heterocycles. The molecule has 4 N–H and O–H groups in total. The van der Waals surface area contributed by atoms with Crippen molar-refractivity contribution in [2.45, 2.75) is 45.6 Å². The zero-order valence-electron chi connectivity index (χ0n) is 16.2. The summed E-state index contributed by atoms with van der Waals surface area (Å²) < 4.78 is 5.47. The summed E-state index contributed by atoms with van der Waals surface area (Å²) in [6.07, 6.45) is 1.73. The van der Waals surface area contributed by atoms with Gasteiger partial charge < -0.3 is 25.8 Å². The summed E-state index contributed by atoms with van der Waals surface area (Å²) in [6.45, 7) is 9.04. The molecule has 1 unspecified atom stereocenters. The largest absolute Gasteiger partial charge is 0.481 e. The second-order valence-corrected chi connectivity index (χ2v) is 6.88. The van der Waals surface area contributed by atoms with Gasteiger partial charge in [0.05, 0.1) is 13.2 Å². The Morgan fingerprint density at radius 1 is 1.37 bits per heavy atom. The molecule has 0 spiro atoms. The van der Waals surface area contributed by atoms with Crippen molar-refractivity contribution in [2.24, 2.45) is 0 Å². The van der Waals surface area contributed by atoms with Crippen LogP contribution in [0.5, 0.6) is 0 Å². The highest BCUT2D eigenvalue weighted by Gasteiger charge is 2.24. The molecule has 3 rings (SSSR count). The van der Waals surface area contributed by atoms with Crippen LogP contribution in [0.1, 0.15) is 55.0 Å². The number of carboxylic acid groups (broad SMARTS) is 1. The highest BCUT2D eigenvalue weighted by atomic mass is 16.5. The van der Waals surface area contributed by atoms with Crippen molar-refractivity contribution in [1.82, 2.24) is 20.6 Å². The third-order valence-electron chi connectivity index (χ3n) is 4.20. The Balaban J connectivity index is 0.000000596. The number of fused-ring (bicyclic) bond motifs is 1. The lowest BCUT2D eigenvalue weighted by Crippen LogP contribution is -2.42. The maximum Gasteiger partial charge on any atom is 0.300 e. The molecule has 1 atom stereocenters. The van der Waals surface area contributed by atoms with Gasteiger partial charge in [-0.1, -0.05) is 13.8 Å². The summed E-state index contributed by atoms with van der Waals surface area (Å²) in [6, 6.07) is 0.377. The molecular weight excluding hydrogens is 350 g/mol. The van der Waals surface area contributed by atoms with Crippen LogP contribution < -0.4 is 16.0 Å². The Morgan fingerprint density at radius 2 is 2.11 bits per heavy atom. The average molecular weight is 379 g/mol. The molecule has 9 heteroatoms. The lowest BCUT2D eigenvalue weighted by Gasteiger charge is -2.25. The van der Waals surface area contributed by atoms with Crippen molar-refractivity contribution in [3.63, 3.8) is 0 Å². The summed E-state index contributed by atoms with van der Waals surface area (Å²) in [5.41, 5.74) is 1.46. The summed E-state index contributed by atoms with van der Waals surface area (Å²) in [7, 11) is 0. The standard InChI is InChI=1S/C16H25N5O2.C2H4O2/c1-10(2)14-20-13-12(4-6-19-16(13)22)15(21-14)18-5-3-11-9-23-8-7-17-11;1-2(3)4/h10-11,17H,3-9H2,1-2H3,(H,19,22)(H,18,20,21);1H3,(H,3,4). The number of aliphatic carboxylic acids is 1. The SMILES string of the molecule is CC(=O)O.CC(C)c1nc(NCCC2COCCN2)c2c(n1)C(=O)NCC2. The van der Waals surface area contributed by atoms with Crippen molar-refractivity contribution in [3.8, 4) is 0 Å². The Labute approximate surface area is 159 Å². The number of aromatic nitrogens is 2. The van der Waals surface area contributed by atoms with Crippen molar-refractivity contribution >= 4 is 17.7 Å². The quantitative estimate of drug-likeness (QED) is 0.591. The first kappa shape index (κ1) is 21.0. The van der Waals surface area contributed by atoms with Gasteiger partial charge >= 0.3 is 0 Å². The van der Waals surface area contributed by atoms with Gasteiger partial charge in [-0.05, 0) is 12.8 Å². The molecule has 1 aromatic rings. The van der Waals surface area contributed by atoms with Crippen LogP contribution >= 0.6 is 0 Å². The van der Waals surface area contributed by atoms with Crippen LogP contribution in [0.25, 0.3) is 0 Å². The molecule has 1 fully saturated rings. The van der Waals surface area contributed by atoms with Crippen molar-refractivity contribution < 1.29 is 19.4 Å². The van der Waals surface area contributed by atoms with Crippen LogP contribution in [-0.2, 0) is 16.0 Å². The number of carboxylic acids is 1. The van der Waals surface area contributed by atoms with Crippen LogP contribution in [0.3, 0.4) is 0 Å². The maximum atomic E-state index is 12.1. The van der Waals surface area contributed by atoms with E-state index < -0.39 is 5.97 Å². The number of rotatable bonds is 5. The molecule has 9 nitrogen and oxygen atoms in total. The lowest BCUT2D eigenvalue weighted by atomic mass is 10.0. The number of carbonyl (C=O) groups is 2. The maximum absolute atomic E-state index is 12.1. The second-order valence-electron chi connectivity index (χ2n) is 6.88. The van der Waals surface area contributed by atoms with E-state index in [2.05, 4.69) is 25.9 Å². The van der Waals surface area contributed by atoms with Gasteiger partial charge in [0.1, 0.15) is 17.3 Å². The number of ether oxygens (including phenoxy) is 1. The van der Waals surface area contributed by atoms with Gasteiger partial charge in [0, 0.05) is 44.1 Å². The second kappa shape index (κ2) is 10.2. The molecular formula is C18H29N5O4. The molecule has 1 amide bonds. The number of hydrogen-bond donors (Lipinski definition) is 4. The van der Waals surface area contributed by atoms with Crippen molar-refractivity contribution in [2.75, 3.05) is 38.2 Å². The van der Waals surface area contributed by atoms with Gasteiger partial charge in [0.25, 0.3) is 11.9 Å². The third kappa shape index (κ3) is 6.44. The molecule has 0 bridgehead atoms. The summed E-state index contributed by atoms with van der Waals surface area (Å²) in [5, 5.41) is 17.1. The molecule has 0 aromatic carbocycles. The Hall–Kier alpha value is -2.26. The normalized spacial score (nSPS) is 18.8. The number of morpholine rings is 1. The van der Waals surface area contributed by atoms with E-state index in [0.29, 0.717) is 24.1 Å². The van der Waals surface area contributed by atoms with Gasteiger partial charge in [0.15, 0.2) is 0 Å². The minimum absolute atomic E-state index is 0.0963. The van der Waals surface area contributed by atoms with Crippen LogP contribution in [0, 0.1) is 0 Å². The minimum Gasteiger partial charge on any atom is -0.481 e. The molecule has 0 saturated carbocycles. The minimum atomic E-state index is -0.833. The Morgan fingerprint density at radius 3 is 2.74 bits per heavy atom. The molecule has 2 aliphatic heterocycles. The van der Waals surface area contributed by atoms with Gasteiger partial charge in [-0.3, -0.25) is 9.59 Å². The van der Waals surface area contributed by atoms with E-state index in [-0.39, 0.29) is 11.8 Å². The topological polar surface area (TPSA) is 125 Å². The predicted octanol–water partition coefficient (Wildman–Crippen LogP) is 0.767. The van der Waals surface area contributed by atoms with Crippen molar-refractivity contribution in [3.05, 3.63) is 17.1 Å². The van der Waals surface area contributed by atoms with Gasteiger partial charge in [-0.2, -0.15) is 0 Å². The van der Waals surface area contributed by atoms with Gasteiger partial charge in [-0.15, -0.1) is 0 Å². The molecule has 3 heterocycles. The van der Waals surface area contributed by atoms with E-state index in [1.165, 1.54) is 0 Å². The van der Waals surface area contributed by atoms with Crippen LogP contribution in [-0.4, -0.2) is 65.8 Å². The lowest BCUT2D eigenvalue weighted by molar-refractivity contribution is -0.134. The molecule has 2 aliphatic rings. The third-order valence-corrected chi connectivity index (χ3v) is 4.20.